The van der Waals surface area contributed by atoms with E-state index in [4.69, 9.17) is 4.99 Å². The van der Waals surface area contributed by atoms with Crippen molar-refractivity contribution in [3.8, 4) is 22.3 Å². The first-order valence-electron chi connectivity index (χ1n) is 10.5. The Labute approximate surface area is 200 Å². The molecule has 0 radical (unpaired) electrons. The van der Waals surface area contributed by atoms with Gasteiger partial charge in [0.05, 0.1) is 5.69 Å². The van der Waals surface area contributed by atoms with E-state index in [9.17, 15) is 0 Å². The quantitative estimate of drug-likeness (QED) is 0.235. The monoisotopic (exact) mass is 491 g/mol. The standard InChI is InChI=1S/C29H18BrNS/c30-26-17-16-22(23-6-1-2-7-24(23)26)20-14-12-19(13-15-20)21-8-5-11-28-25(21)18-31-27-9-3-4-10-29(27)32-28/h1-18H. The molecule has 3 heteroatoms. The van der Waals surface area contributed by atoms with E-state index in [0.717, 1.165) is 10.2 Å². The van der Waals surface area contributed by atoms with Gasteiger partial charge in [-0.3, -0.25) is 4.99 Å². The van der Waals surface area contributed by atoms with Crippen molar-refractivity contribution in [2.75, 3.05) is 0 Å². The van der Waals surface area contributed by atoms with E-state index in [2.05, 4.69) is 113 Å². The zero-order chi connectivity index (χ0) is 21.5. The van der Waals surface area contributed by atoms with Crippen molar-refractivity contribution in [3.63, 3.8) is 0 Å². The van der Waals surface area contributed by atoms with Gasteiger partial charge in [-0.05, 0) is 57.3 Å². The average Bonchev–Trinajstić information content (AvgIpc) is 3.04. The maximum absolute atomic E-state index is 4.77. The molecule has 0 saturated heterocycles. The van der Waals surface area contributed by atoms with Crippen LogP contribution in [0.3, 0.4) is 0 Å². The van der Waals surface area contributed by atoms with E-state index in [-0.39, 0.29) is 0 Å². The fraction of sp³-hybridized carbons (Fsp3) is 0. The summed E-state index contributed by atoms with van der Waals surface area (Å²) in [5.74, 6) is 0. The summed E-state index contributed by atoms with van der Waals surface area (Å²) in [6.45, 7) is 0. The van der Waals surface area contributed by atoms with E-state index in [1.54, 1.807) is 11.8 Å². The van der Waals surface area contributed by atoms with Gasteiger partial charge in [-0.15, -0.1) is 0 Å². The predicted molar refractivity (Wildman–Crippen MR) is 140 cm³/mol. The summed E-state index contributed by atoms with van der Waals surface area (Å²) in [5, 5.41) is 2.49. The highest BCUT2D eigenvalue weighted by molar-refractivity contribution is 9.10. The van der Waals surface area contributed by atoms with Gasteiger partial charge in [0.2, 0.25) is 0 Å². The molecule has 1 nitrogen and oxygen atoms in total. The van der Waals surface area contributed by atoms with E-state index in [1.165, 1.54) is 48.4 Å². The van der Waals surface area contributed by atoms with Gasteiger partial charge in [-0.1, -0.05) is 107 Å². The van der Waals surface area contributed by atoms with Crippen molar-refractivity contribution in [3.05, 3.63) is 113 Å². The normalized spacial score (nSPS) is 12.3. The fourth-order valence-corrected chi connectivity index (χ4v) is 5.77. The first-order valence-corrected chi connectivity index (χ1v) is 12.1. The Bertz CT molecular complexity index is 1500. The number of rotatable bonds is 2. The molecule has 0 amide bonds. The molecule has 1 heterocycles. The van der Waals surface area contributed by atoms with Gasteiger partial charge in [0, 0.05) is 26.0 Å². The van der Waals surface area contributed by atoms with E-state index in [1.807, 2.05) is 12.3 Å². The van der Waals surface area contributed by atoms with Gasteiger partial charge in [0.25, 0.3) is 0 Å². The third-order valence-corrected chi connectivity index (χ3v) is 7.69. The number of hydrogen-bond acceptors (Lipinski definition) is 2. The summed E-state index contributed by atoms with van der Waals surface area (Å²) in [5.41, 5.74) is 7.07. The summed E-state index contributed by atoms with van der Waals surface area (Å²) in [4.78, 5) is 7.20. The van der Waals surface area contributed by atoms with Crippen LogP contribution in [0.15, 0.2) is 122 Å². The average molecular weight is 492 g/mol. The summed E-state index contributed by atoms with van der Waals surface area (Å²) in [7, 11) is 0. The molecule has 1 aliphatic rings. The predicted octanol–water partition coefficient (Wildman–Crippen LogP) is 9.15. The summed E-state index contributed by atoms with van der Waals surface area (Å²) < 4.78 is 1.12. The molecule has 6 rings (SSSR count). The Hall–Kier alpha value is -3.14. The first-order chi connectivity index (χ1) is 15.8. The minimum absolute atomic E-state index is 1.03. The lowest BCUT2D eigenvalue weighted by Crippen LogP contribution is -1.91. The Morgan fingerprint density at radius 3 is 2.09 bits per heavy atom. The SMILES string of the molecule is Brc1ccc(-c2ccc(-c3cccc4c3C=Nc3ccccc3S4)cc2)c2ccccc12. The molecule has 0 fully saturated rings. The number of para-hydroxylation sites is 1. The van der Waals surface area contributed by atoms with Crippen LogP contribution in [-0.4, -0.2) is 6.21 Å². The van der Waals surface area contributed by atoms with Gasteiger partial charge in [-0.25, -0.2) is 0 Å². The third-order valence-electron chi connectivity index (χ3n) is 5.86. The molecule has 0 aromatic heterocycles. The summed E-state index contributed by atoms with van der Waals surface area (Å²) in [6, 6.07) is 36.6. The van der Waals surface area contributed by atoms with Gasteiger partial charge in [0.1, 0.15) is 0 Å². The Kier molecular flexibility index (Phi) is 4.94. The molecule has 32 heavy (non-hydrogen) atoms. The maximum Gasteiger partial charge on any atom is 0.0769 e. The number of hydrogen-bond donors (Lipinski definition) is 0. The van der Waals surface area contributed by atoms with Crippen molar-refractivity contribution in [2.45, 2.75) is 9.79 Å². The number of aliphatic imine (C=N–C) groups is 1. The Morgan fingerprint density at radius 2 is 1.25 bits per heavy atom. The third kappa shape index (κ3) is 3.38. The van der Waals surface area contributed by atoms with Crippen LogP contribution in [0.1, 0.15) is 5.56 Å². The Balaban J connectivity index is 1.42. The molecule has 0 N–H and O–H groups in total. The number of benzene rings is 5. The molecule has 0 bridgehead atoms. The zero-order valence-electron chi connectivity index (χ0n) is 17.1. The lowest BCUT2D eigenvalue weighted by Gasteiger charge is -2.12. The van der Waals surface area contributed by atoms with Gasteiger partial charge in [0.15, 0.2) is 0 Å². The van der Waals surface area contributed by atoms with Crippen molar-refractivity contribution in [2.24, 2.45) is 4.99 Å². The van der Waals surface area contributed by atoms with Crippen LogP contribution in [0.4, 0.5) is 5.69 Å². The lowest BCUT2D eigenvalue weighted by atomic mass is 9.95. The second-order valence-corrected chi connectivity index (χ2v) is 9.70. The molecule has 1 aliphatic heterocycles. The molecular weight excluding hydrogens is 474 g/mol. The topological polar surface area (TPSA) is 12.4 Å². The Morgan fingerprint density at radius 1 is 0.562 bits per heavy atom. The highest BCUT2D eigenvalue weighted by atomic mass is 79.9. The van der Waals surface area contributed by atoms with E-state index >= 15 is 0 Å². The van der Waals surface area contributed by atoms with Crippen LogP contribution >= 0.6 is 27.7 Å². The molecular formula is C29H18BrNS. The molecule has 0 atom stereocenters. The smallest absolute Gasteiger partial charge is 0.0769 e. The summed E-state index contributed by atoms with van der Waals surface area (Å²) in [6.07, 6.45) is 2.01. The minimum Gasteiger partial charge on any atom is -0.255 e. The van der Waals surface area contributed by atoms with E-state index in [0.29, 0.717) is 0 Å². The lowest BCUT2D eigenvalue weighted by molar-refractivity contribution is 1.38. The highest BCUT2D eigenvalue weighted by Crippen LogP contribution is 2.42. The maximum atomic E-state index is 4.77. The zero-order valence-corrected chi connectivity index (χ0v) is 19.5. The number of halogens is 1. The summed E-state index contributed by atoms with van der Waals surface area (Å²) >= 11 is 5.47. The molecule has 5 aromatic carbocycles. The first kappa shape index (κ1) is 19.5. The van der Waals surface area contributed by atoms with Crippen molar-refractivity contribution in [1.29, 1.82) is 0 Å². The van der Waals surface area contributed by atoms with Crippen LogP contribution in [-0.2, 0) is 0 Å². The molecule has 152 valence electrons. The molecule has 0 aliphatic carbocycles. The van der Waals surface area contributed by atoms with Gasteiger partial charge < -0.3 is 0 Å². The van der Waals surface area contributed by atoms with Crippen LogP contribution in [0, 0.1) is 0 Å². The van der Waals surface area contributed by atoms with Gasteiger partial charge in [-0.2, -0.15) is 0 Å². The van der Waals surface area contributed by atoms with Crippen molar-refractivity contribution < 1.29 is 0 Å². The number of fused-ring (bicyclic) bond motifs is 3. The fourth-order valence-electron chi connectivity index (χ4n) is 4.26. The minimum atomic E-state index is 1.03. The van der Waals surface area contributed by atoms with Crippen LogP contribution in [0.5, 0.6) is 0 Å². The second kappa shape index (κ2) is 8.09. The molecule has 0 spiro atoms. The van der Waals surface area contributed by atoms with Crippen LogP contribution < -0.4 is 0 Å². The van der Waals surface area contributed by atoms with Gasteiger partial charge >= 0.3 is 0 Å². The largest absolute Gasteiger partial charge is 0.255 e. The van der Waals surface area contributed by atoms with Crippen LogP contribution in [0.25, 0.3) is 33.0 Å². The second-order valence-electron chi connectivity index (χ2n) is 7.76. The van der Waals surface area contributed by atoms with Crippen molar-refractivity contribution >= 4 is 50.4 Å². The molecule has 0 saturated carbocycles. The van der Waals surface area contributed by atoms with Crippen LogP contribution in [0.2, 0.25) is 0 Å². The highest BCUT2D eigenvalue weighted by Gasteiger charge is 2.15. The molecule has 0 unspecified atom stereocenters. The van der Waals surface area contributed by atoms with Crippen molar-refractivity contribution in [1.82, 2.24) is 0 Å². The van der Waals surface area contributed by atoms with E-state index < -0.39 is 0 Å². The number of nitrogens with zero attached hydrogens (tertiary/aromatic N) is 1. The molecule has 5 aromatic rings.